The Morgan fingerprint density at radius 2 is 1.84 bits per heavy atom. The Morgan fingerprint density at radius 3 is 2.52 bits per heavy atom. The van der Waals surface area contributed by atoms with Crippen LogP contribution in [0, 0.1) is 0 Å². The van der Waals surface area contributed by atoms with Crippen molar-refractivity contribution < 1.29 is 27.4 Å². The molecule has 170 valence electrons. The van der Waals surface area contributed by atoms with E-state index in [-0.39, 0.29) is 5.75 Å². The van der Waals surface area contributed by atoms with E-state index < -0.39 is 12.8 Å². The predicted octanol–water partition coefficient (Wildman–Crippen LogP) is 3.30. The van der Waals surface area contributed by atoms with E-state index in [4.69, 9.17) is 14.2 Å². The van der Waals surface area contributed by atoms with E-state index in [0.717, 1.165) is 11.1 Å². The summed E-state index contributed by atoms with van der Waals surface area (Å²) < 4.78 is 52.0. The van der Waals surface area contributed by atoms with Crippen LogP contribution in [0.5, 0.6) is 11.6 Å². The van der Waals surface area contributed by atoms with Crippen LogP contribution < -0.4 is 20.1 Å². The quantitative estimate of drug-likeness (QED) is 0.317. The van der Waals surface area contributed by atoms with Gasteiger partial charge in [-0.1, -0.05) is 18.2 Å². The van der Waals surface area contributed by atoms with Gasteiger partial charge >= 0.3 is 6.18 Å². The fraction of sp³-hybridized carbons (Fsp3) is 0.429. The number of nitrogens with one attached hydrogen (secondary N) is 2. The second-order valence-electron chi connectivity index (χ2n) is 6.41. The molecule has 0 saturated heterocycles. The van der Waals surface area contributed by atoms with Crippen LogP contribution in [0.25, 0.3) is 0 Å². The Bertz CT molecular complexity index is 814. The van der Waals surface area contributed by atoms with E-state index in [1.807, 2.05) is 19.1 Å². The molecule has 0 aliphatic carbocycles. The minimum Gasteiger partial charge on any atom is -0.484 e. The average Bonchev–Trinajstić information content (AvgIpc) is 2.75. The van der Waals surface area contributed by atoms with Crippen LogP contribution in [0.4, 0.5) is 13.2 Å². The second-order valence-corrected chi connectivity index (χ2v) is 6.41. The van der Waals surface area contributed by atoms with Crippen LogP contribution in [0.2, 0.25) is 0 Å². The van der Waals surface area contributed by atoms with Gasteiger partial charge in [-0.15, -0.1) is 0 Å². The van der Waals surface area contributed by atoms with Gasteiger partial charge in [0, 0.05) is 32.0 Å². The SMILES string of the molecule is CCNC(=NCc1ccc(OCC(F)(F)F)cc1)NCc1cccnc1OCCOC. The molecular weight excluding hydrogens is 413 g/mol. The maximum Gasteiger partial charge on any atom is 0.422 e. The van der Waals surface area contributed by atoms with Gasteiger partial charge in [0.15, 0.2) is 12.6 Å². The van der Waals surface area contributed by atoms with Crippen molar-refractivity contribution in [3.8, 4) is 11.6 Å². The van der Waals surface area contributed by atoms with Crippen LogP contribution in [-0.4, -0.2) is 50.6 Å². The number of hydrogen-bond donors (Lipinski definition) is 2. The van der Waals surface area contributed by atoms with Crippen molar-refractivity contribution in [2.45, 2.75) is 26.2 Å². The molecule has 2 aromatic rings. The summed E-state index contributed by atoms with van der Waals surface area (Å²) in [7, 11) is 1.60. The first-order chi connectivity index (χ1) is 14.9. The van der Waals surface area contributed by atoms with Crippen LogP contribution in [0.3, 0.4) is 0 Å². The van der Waals surface area contributed by atoms with Crippen molar-refractivity contribution in [3.05, 3.63) is 53.7 Å². The summed E-state index contributed by atoms with van der Waals surface area (Å²) in [4.78, 5) is 8.76. The van der Waals surface area contributed by atoms with E-state index in [1.54, 1.807) is 25.4 Å². The summed E-state index contributed by atoms with van der Waals surface area (Å²) in [6.45, 7) is 2.97. The molecule has 31 heavy (non-hydrogen) atoms. The van der Waals surface area contributed by atoms with E-state index in [1.165, 1.54) is 12.1 Å². The number of benzene rings is 1. The molecule has 0 aliphatic heterocycles. The first-order valence-electron chi connectivity index (χ1n) is 9.77. The Hall–Kier alpha value is -3.01. The Kier molecular flexibility index (Phi) is 9.89. The molecule has 0 bridgehead atoms. The molecule has 0 unspecified atom stereocenters. The van der Waals surface area contributed by atoms with Crippen molar-refractivity contribution in [1.29, 1.82) is 0 Å². The lowest BCUT2D eigenvalue weighted by Crippen LogP contribution is -2.36. The number of alkyl halides is 3. The number of ether oxygens (including phenoxy) is 3. The van der Waals surface area contributed by atoms with E-state index in [2.05, 4.69) is 20.6 Å². The number of aliphatic imine (C=N–C) groups is 1. The highest BCUT2D eigenvalue weighted by Gasteiger charge is 2.28. The molecule has 1 aromatic heterocycles. The molecule has 7 nitrogen and oxygen atoms in total. The zero-order chi connectivity index (χ0) is 22.5. The molecule has 0 saturated carbocycles. The minimum atomic E-state index is -4.36. The number of hydrogen-bond acceptors (Lipinski definition) is 5. The van der Waals surface area contributed by atoms with E-state index in [0.29, 0.717) is 44.7 Å². The number of pyridine rings is 1. The first kappa shape index (κ1) is 24.3. The zero-order valence-corrected chi connectivity index (χ0v) is 17.5. The van der Waals surface area contributed by atoms with Crippen molar-refractivity contribution in [2.75, 3.05) is 33.5 Å². The monoisotopic (exact) mass is 440 g/mol. The average molecular weight is 440 g/mol. The molecule has 0 amide bonds. The standard InChI is InChI=1S/C21H27F3N4O3/c1-3-25-20(28-14-17-5-4-10-26-19(17)30-12-11-29-2)27-13-16-6-8-18(9-7-16)31-15-21(22,23)24/h4-10H,3,11-15H2,1-2H3,(H2,25,27,28). The van der Waals surface area contributed by atoms with Crippen LogP contribution in [-0.2, 0) is 17.8 Å². The molecule has 10 heteroatoms. The summed E-state index contributed by atoms with van der Waals surface area (Å²) in [6, 6.07) is 10.1. The van der Waals surface area contributed by atoms with Gasteiger partial charge in [-0.25, -0.2) is 9.98 Å². The molecule has 2 rings (SSSR count). The lowest BCUT2D eigenvalue weighted by atomic mass is 10.2. The van der Waals surface area contributed by atoms with Gasteiger partial charge in [-0.05, 0) is 30.7 Å². The highest BCUT2D eigenvalue weighted by molar-refractivity contribution is 5.79. The van der Waals surface area contributed by atoms with Gasteiger partial charge in [-0.3, -0.25) is 0 Å². The van der Waals surface area contributed by atoms with E-state index >= 15 is 0 Å². The van der Waals surface area contributed by atoms with Gasteiger partial charge in [0.05, 0.1) is 13.2 Å². The number of rotatable bonds is 11. The lowest BCUT2D eigenvalue weighted by molar-refractivity contribution is -0.153. The summed E-state index contributed by atoms with van der Waals surface area (Å²) in [6.07, 6.45) is -2.70. The summed E-state index contributed by atoms with van der Waals surface area (Å²) in [5, 5.41) is 6.38. The molecule has 0 spiro atoms. The Balaban J connectivity index is 1.93. The topological polar surface area (TPSA) is 77.0 Å². The van der Waals surface area contributed by atoms with Crippen molar-refractivity contribution in [3.63, 3.8) is 0 Å². The number of methoxy groups -OCH3 is 1. The fourth-order valence-electron chi connectivity index (χ4n) is 2.46. The maximum absolute atomic E-state index is 12.2. The third-order valence-electron chi connectivity index (χ3n) is 3.91. The second kappa shape index (κ2) is 12.6. The van der Waals surface area contributed by atoms with E-state index in [9.17, 15) is 13.2 Å². The maximum atomic E-state index is 12.2. The third kappa shape index (κ3) is 9.56. The Morgan fingerprint density at radius 1 is 1.06 bits per heavy atom. The third-order valence-corrected chi connectivity index (χ3v) is 3.91. The number of aromatic nitrogens is 1. The lowest BCUT2D eigenvalue weighted by Gasteiger charge is -2.14. The fourth-order valence-corrected chi connectivity index (χ4v) is 2.46. The molecule has 0 radical (unpaired) electrons. The molecule has 0 atom stereocenters. The van der Waals surface area contributed by atoms with Gasteiger partial charge in [0.1, 0.15) is 12.4 Å². The van der Waals surface area contributed by atoms with Crippen LogP contribution in [0.1, 0.15) is 18.1 Å². The molecule has 1 heterocycles. The van der Waals surface area contributed by atoms with Crippen LogP contribution >= 0.6 is 0 Å². The molecule has 2 N–H and O–H groups in total. The summed E-state index contributed by atoms with van der Waals surface area (Å²) in [5.41, 5.74) is 1.71. The van der Waals surface area contributed by atoms with Gasteiger partial charge < -0.3 is 24.8 Å². The molecule has 0 fully saturated rings. The highest BCUT2D eigenvalue weighted by Crippen LogP contribution is 2.19. The number of nitrogens with zero attached hydrogens (tertiary/aromatic N) is 2. The molecule has 0 aliphatic rings. The molecular formula is C21H27F3N4O3. The van der Waals surface area contributed by atoms with Crippen LogP contribution in [0.15, 0.2) is 47.6 Å². The zero-order valence-electron chi connectivity index (χ0n) is 17.5. The number of guanidine groups is 1. The van der Waals surface area contributed by atoms with Crippen molar-refractivity contribution in [2.24, 2.45) is 4.99 Å². The Labute approximate surface area is 179 Å². The summed E-state index contributed by atoms with van der Waals surface area (Å²) in [5.74, 6) is 1.27. The smallest absolute Gasteiger partial charge is 0.422 e. The summed E-state index contributed by atoms with van der Waals surface area (Å²) >= 11 is 0. The van der Waals surface area contributed by atoms with Crippen molar-refractivity contribution >= 4 is 5.96 Å². The minimum absolute atomic E-state index is 0.160. The van der Waals surface area contributed by atoms with Gasteiger partial charge in [0.25, 0.3) is 0 Å². The molecule has 1 aromatic carbocycles. The predicted molar refractivity (Wildman–Crippen MR) is 111 cm³/mol. The number of halogens is 3. The first-order valence-corrected chi connectivity index (χ1v) is 9.77. The normalized spacial score (nSPS) is 11.8. The van der Waals surface area contributed by atoms with Crippen molar-refractivity contribution in [1.82, 2.24) is 15.6 Å². The largest absolute Gasteiger partial charge is 0.484 e. The van der Waals surface area contributed by atoms with Gasteiger partial charge in [-0.2, -0.15) is 13.2 Å². The van der Waals surface area contributed by atoms with Gasteiger partial charge in [0.2, 0.25) is 5.88 Å². The highest BCUT2D eigenvalue weighted by atomic mass is 19.4.